The van der Waals surface area contributed by atoms with E-state index < -0.39 is 0 Å². The number of carbonyl (C=O) groups excluding carboxylic acids is 1. The Kier molecular flexibility index (Phi) is 6.68. The summed E-state index contributed by atoms with van der Waals surface area (Å²) in [6.07, 6.45) is -0.0181. The Labute approximate surface area is 171 Å². The van der Waals surface area contributed by atoms with E-state index in [0.717, 1.165) is 25.4 Å². The molecule has 1 fully saturated rings. The lowest BCUT2D eigenvalue weighted by Crippen LogP contribution is -2.52. The fourth-order valence-corrected chi connectivity index (χ4v) is 3.17. The molecule has 3 rings (SSSR count). The van der Waals surface area contributed by atoms with E-state index >= 15 is 0 Å². The van der Waals surface area contributed by atoms with Crippen LogP contribution in [0.15, 0.2) is 36.4 Å². The van der Waals surface area contributed by atoms with Crippen LogP contribution in [0.5, 0.6) is 11.5 Å². The number of amides is 1. The third kappa shape index (κ3) is 5.46. The van der Waals surface area contributed by atoms with Gasteiger partial charge in [0.15, 0.2) is 11.4 Å². The Morgan fingerprint density at radius 1 is 1.28 bits per heavy atom. The minimum atomic E-state index is -0.0181. The standard InChI is InChI=1S/C22H26N4O3/c1-15(2)29-21-9-6-18(25-20(21)10-23)14-28-19-7-4-16(5-8-19)11-26-12-17(13-26)22(27)24-3/h4-9,15,17H,11-14H2,1-3H3,(H,24,27). The molecular formula is C22H26N4O3. The van der Waals surface area contributed by atoms with Gasteiger partial charge < -0.3 is 14.8 Å². The van der Waals surface area contributed by atoms with Gasteiger partial charge in [-0.15, -0.1) is 0 Å². The van der Waals surface area contributed by atoms with E-state index in [1.807, 2.05) is 38.1 Å². The SMILES string of the molecule is CNC(=O)C1CN(Cc2ccc(OCc3ccc(OC(C)C)c(C#N)n3)cc2)C1. The zero-order valence-corrected chi connectivity index (χ0v) is 17.0. The average molecular weight is 394 g/mol. The highest BCUT2D eigenvalue weighted by atomic mass is 16.5. The lowest BCUT2D eigenvalue weighted by Gasteiger charge is -2.38. The summed E-state index contributed by atoms with van der Waals surface area (Å²) in [6, 6.07) is 13.5. The normalized spacial score (nSPS) is 14.2. The Balaban J connectivity index is 1.50. The van der Waals surface area contributed by atoms with Gasteiger partial charge in [-0.25, -0.2) is 4.98 Å². The van der Waals surface area contributed by atoms with Crippen molar-refractivity contribution in [2.24, 2.45) is 5.92 Å². The Bertz CT molecular complexity index is 884. The molecule has 0 unspecified atom stereocenters. The zero-order valence-electron chi connectivity index (χ0n) is 17.0. The molecule has 0 aliphatic carbocycles. The lowest BCUT2D eigenvalue weighted by atomic mass is 9.98. The molecular weight excluding hydrogens is 368 g/mol. The first-order valence-electron chi connectivity index (χ1n) is 9.71. The van der Waals surface area contributed by atoms with Gasteiger partial charge in [0.1, 0.15) is 18.4 Å². The zero-order chi connectivity index (χ0) is 20.8. The second-order valence-corrected chi connectivity index (χ2v) is 7.37. The number of benzene rings is 1. The van der Waals surface area contributed by atoms with Gasteiger partial charge in [-0.1, -0.05) is 12.1 Å². The Morgan fingerprint density at radius 3 is 2.62 bits per heavy atom. The van der Waals surface area contributed by atoms with Crippen LogP contribution in [0.1, 0.15) is 30.8 Å². The molecule has 1 saturated heterocycles. The number of nitrogens with zero attached hydrogens (tertiary/aromatic N) is 3. The van der Waals surface area contributed by atoms with Crippen molar-refractivity contribution in [1.29, 1.82) is 5.26 Å². The summed E-state index contributed by atoms with van der Waals surface area (Å²) >= 11 is 0. The van der Waals surface area contributed by atoms with Crippen LogP contribution in [0.4, 0.5) is 0 Å². The molecule has 1 aliphatic heterocycles. The molecule has 7 nitrogen and oxygen atoms in total. The molecule has 0 radical (unpaired) electrons. The predicted molar refractivity (Wildman–Crippen MR) is 108 cm³/mol. The van der Waals surface area contributed by atoms with Crippen molar-refractivity contribution in [3.8, 4) is 17.6 Å². The van der Waals surface area contributed by atoms with Crippen molar-refractivity contribution in [3.05, 3.63) is 53.3 Å². The first-order chi connectivity index (χ1) is 14.0. The molecule has 2 aromatic rings. The van der Waals surface area contributed by atoms with Crippen LogP contribution in [-0.2, 0) is 17.9 Å². The number of pyridine rings is 1. The summed E-state index contributed by atoms with van der Waals surface area (Å²) in [6.45, 7) is 6.49. The highest BCUT2D eigenvalue weighted by Gasteiger charge is 2.31. The first kappa shape index (κ1) is 20.6. The van der Waals surface area contributed by atoms with Gasteiger partial charge in [0.25, 0.3) is 0 Å². The van der Waals surface area contributed by atoms with Crippen molar-refractivity contribution in [2.45, 2.75) is 33.1 Å². The third-order valence-electron chi connectivity index (χ3n) is 4.68. The van der Waals surface area contributed by atoms with Gasteiger partial charge in [0.2, 0.25) is 5.91 Å². The van der Waals surface area contributed by atoms with Crippen LogP contribution in [0, 0.1) is 17.2 Å². The van der Waals surface area contributed by atoms with Crippen molar-refractivity contribution in [2.75, 3.05) is 20.1 Å². The van der Waals surface area contributed by atoms with E-state index in [9.17, 15) is 10.1 Å². The maximum absolute atomic E-state index is 11.5. The number of nitriles is 1. The summed E-state index contributed by atoms with van der Waals surface area (Å²) in [5.41, 5.74) is 2.11. The molecule has 7 heteroatoms. The number of rotatable bonds is 8. The van der Waals surface area contributed by atoms with Crippen LogP contribution >= 0.6 is 0 Å². The van der Waals surface area contributed by atoms with Gasteiger partial charge in [-0.3, -0.25) is 9.69 Å². The highest BCUT2D eigenvalue weighted by Crippen LogP contribution is 2.22. The van der Waals surface area contributed by atoms with Crippen LogP contribution in [0.3, 0.4) is 0 Å². The van der Waals surface area contributed by atoms with Gasteiger partial charge in [-0.05, 0) is 43.7 Å². The lowest BCUT2D eigenvalue weighted by molar-refractivity contribution is -0.129. The molecule has 1 aromatic carbocycles. The maximum Gasteiger partial charge on any atom is 0.225 e. The quantitative estimate of drug-likeness (QED) is 0.740. The molecule has 29 heavy (non-hydrogen) atoms. The molecule has 1 aliphatic rings. The summed E-state index contributed by atoms with van der Waals surface area (Å²) in [4.78, 5) is 18.1. The van der Waals surface area contributed by atoms with E-state index in [1.54, 1.807) is 19.2 Å². The fraction of sp³-hybridized carbons (Fsp3) is 0.409. The van der Waals surface area contributed by atoms with Crippen molar-refractivity contribution in [3.63, 3.8) is 0 Å². The van der Waals surface area contributed by atoms with E-state index in [4.69, 9.17) is 9.47 Å². The largest absolute Gasteiger partial charge is 0.488 e. The second-order valence-electron chi connectivity index (χ2n) is 7.37. The summed E-state index contributed by atoms with van der Waals surface area (Å²) in [5.74, 6) is 1.44. The van der Waals surface area contributed by atoms with Crippen molar-refractivity contribution < 1.29 is 14.3 Å². The van der Waals surface area contributed by atoms with E-state index in [2.05, 4.69) is 21.3 Å². The topological polar surface area (TPSA) is 87.5 Å². The molecule has 0 atom stereocenters. The number of ether oxygens (including phenoxy) is 2. The van der Waals surface area contributed by atoms with Crippen LogP contribution in [0.2, 0.25) is 0 Å². The molecule has 0 spiro atoms. The molecule has 152 valence electrons. The Hall–Kier alpha value is -3.11. The second kappa shape index (κ2) is 9.39. The van der Waals surface area contributed by atoms with Gasteiger partial charge in [0.05, 0.1) is 17.7 Å². The summed E-state index contributed by atoms with van der Waals surface area (Å²) < 4.78 is 11.4. The third-order valence-corrected chi connectivity index (χ3v) is 4.68. The molecule has 1 amide bonds. The summed E-state index contributed by atoms with van der Waals surface area (Å²) in [7, 11) is 1.67. The summed E-state index contributed by atoms with van der Waals surface area (Å²) in [5, 5.41) is 12.0. The first-order valence-corrected chi connectivity index (χ1v) is 9.71. The number of carbonyl (C=O) groups is 1. The monoisotopic (exact) mass is 394 g/mol. The number of hydrogen-bond donors (Lipinski definition) is 1. The van der Waals surface area contributed by atoms with E-state index in [-0.39, 0.29) is 30.2 Å². The number of hydrogen-bond acceptors (Lipinski definition) is 6. The van der Waals surface area contributed by atoms with Crippen LogP contribution in [0.25, 0.3) is 0 Å². The van der Waals surface area contributed by atoms with Crippen molar-refractivity contribution in [1.82, 2.24) is 15.2 Å². The Morgan fingerprint density at radius 2 is 2.00 bits per heavy atom. The van der Waals surface area contributed by atoms with Gasteiger partial charge in [0, 0.05) is 26.7 Å². The van der Waals surface area contributed by atoms with Crippen molar-refractivity contribution >= 4 is 5.91 Å². The fourth-order valence-electron chi connectivity index (χ4n) is 3.17. The maximum atomic E-state index is 11.5. The molecule has 0 saturated carbocycles. The van der Waals surface area contributed by atoms with Gasteiger partial charge >= 0.3 is 0 Å². The van der Waals surface area contributed by atoms with Crippen LogP contribution < -0.4 is 14.8 Å². The number of likely N-dealkylation sites (tertiary alicyclic amines) is 1. The molecule has 1 aromatic heterocycles. The minimum absolute atomic E-state index is 0.0181. The molecule has 2 heterocycles. The smallest absolute Gasteiger partial charge is 0.225 e. The minimum Gasteiger partial charge on any atom is -0.488 e. The van der Waals surface area contributed by atoms with Crippen LogP contribution in [-0.4, -0.2) is 42.0 Å². The highest BCUT2D eigenvalue weighted by molar-refractivity contribution is 5.79. The van der Waals surface area contributed by atoms with E-state index in [0.29, 0.717) is 11.4 Å². The average Bonchev–Trinajstić information content (AvgIpc) is 2.69. The number of aromatic nitrogens is 1. The van der Waals surface area contributed by atoms with Gasteiger partial charge in [-0.2, -0.15) is 5.26 Å². The predicted octanol–water partition coefficient (Wildman–Crippen LogP) is 2.50. The number of nitrogens with one attached hydrogen (secondary N) is 1. The van der Waals surface area contributed by atoms with E-state index in [1.165, 1.54) is 5.56 Å². The molecule has 1 N–H and O–H groups in total. The molecule has 0 bridgehead atoms.